The lowest BCUT2D eigenvalue weighted by molar-refractivity contribution is 0.850. The summed E-state index contributed by atoms with van der Waals surface area (Å²) in [7, 11) is 0. The molecule has 0 amide bonds. The summed E-state index contributed by atoms with van der Waals surface area (Å²) in [5.74, 6) is 0.941. The van der Waals surface area contributed by atoms with Gasteiger partial charge in [0, 0.05) is 15.7 Å². The molecule has 0 aliphatic rings. The number of nitrogens with zero attached hydrogens (tertiary/aromatic N) is 2. The van der Waals surface area contributed by atoms with Crippen LogP contribution < -0.4 is 5.32 Å². The molecule has 6 heteroatoms. The van der Waals surface area contributed by atoms with Gasteiger partial charge in [-0.05, 0) is 40.0 Å². The first-order chi connectivity index (χ1) is 8.99. The van der Waals surface area contributed by atoms with Gasteiger partial charge < -0.3 is 5.32 Å². The Labute approximate surface area is 130 Å². The molecule has 0 fully saturated rings. The standard InChI is InChI=1S/C13H12BrCl2N3/c1-7(2)11-12(16)17-6-18-13(11)19-8-3-4-10(15)9(14)5-8/h3-7H,1-2H3,(H,17,18,19). The van der Waals surface area contributed by atoms with E-state index in [1.54, 1.807) is 0 Å². The minimum Gasteiger partial charge on any atom is -0.340 e. The highest BCUT2D eigenvalue weighted by Crippen LogP contribution is 2.32. The molecule has 0 radical (unpaired) electrons. The minimum atomic E-state index is 0.229. The van der Waals surface area contributed by atoms with Crippen molar-refractivity contribution in [3.8, 4) is 0 Å². The zero-order valence-corrected chi connectivity index (χ0v) is 13.5. The van der Waals surface area contributed by atoms with Crippen molar-refractivity contribution in [2.24, 2.45) is 0 Å². The lowest BCUT2D eigenvalue weighted by Gasteiger charge is -2.14. The third-order valence-corrected chi connectivity index (χ3v) is 4.11. The second kappa shape index (κ2) is 6.07. The fourth-order valence-electron chi connectivity index (χ4n) is 1.70. The molecule has 0 aliphatic heterocycles. The highest BCUT2D eigenvalue weighted by Gasteiger charge is 2.13. The van der Waals surface area contributed by atoms with Crippen molar-refractivity contribution in [3.63, 3.8) is 0 Å². The maximum atomic E-state index is 6.13. The van der Waals surface area contributed by atoms with Crippen LogP contribution in [-0.2, 0) is 0 Å². The van der Waals surface area contributed by atoms with Gasteiger partial charge in [-0.25, -0.2) is 9.97 Å². The Morgan fingerprint density at radius 2 is 1.95 bits per heavy atom. The molecule has 1 heterocycles. The highest BCUT2D eigenvalue weighted by molar-refractivity contribution is 9.10. The molecule has 19 heavy (non-hydrogen) atoms. The molecule has 1 aromatic heterocycles. The summed E-state index contributed by atoms with van der Waals surface area (Å²) in [6.07, 6.45) is 1.45. The van der Waals surface area contributed by atoms with E-state index in [2.05, 4.69) is 31.2 Å². The summed E-state index contributed by atoms with van der Waals surface area (Å²) < 4.78 is 0.824. The van der Waals surface area contributed by atoms with Crippen LogP contribution in [0.3, 0.4) is 0 Å². The summed E-state index contributed by atoms with van der Waals surface area (Å²) in [4.78, 5) is 8.27. The van der Waals surface area contributed by atoms with Gasteiger partial charge in [0.15, 0.2) is 0 Å². The fourth-order valence-corrected chi connectivity index (χ4v) is 2.54. The molecule has 0 atom stereocenters. The molecule has 0 saturated heterocycles. The van der Waals surface area contributed by atoms with E-state index in [1.165, 1.54) is 6.33 Å². The van der Waals surface area contributed by atoms with E-state index in [9.17, 15) is 0 Å². The van der Waals surface area contributed by atoms with Gasteiger partial charge in [-0.3, -0.25) is 0 Å². The Bertz CT molecular complexity index is 602. The van der Waals surface area contributed by atoms with Crippen LogP contribution in [0.5, 0.6) is 0 Å². The predicted molar refractivity (Wildman–Crippen MR) is 83.6 cm³/mol. The second-order valence-electron chi connectivity index (χ2n) is 4.34. The second-order valence-corrected chi connectivity index (χ2v) is 5.95. The van der Waals surface area contributed by atoms with E-state index in [0.717, 1.165) is 15.7 Å². The Kier molecular flexibility index (Phi) is 4.66. The van der Waals surface area contributed by atoms with Crippen LogP contribution in [0.15, 0.2) is 29.0 Å². The molecule has 100 valence electrons. The molecule has 1 N–H and O–H groups in total. The van der Waals surface area contributed by atoms with Crippen LogP contribution in [0.4, 0.5) is 11.5 Å². The van der Waals surface area contributed by atoms with Crippen molar-refractivity contribution < 1.29 is 0 Å². The zero-order valence-electron chi connectivity index (χ0n) is 10.4. The van der Waals surface area contributed by atoms with Crippen molar-refractivity contribution >= 4 is 50.6 Å². The van der Waals surface area contributed by atoms with Crippen molar-refractivity contribution in [1.29, 1.82) is 0 Å². The predicted octanol–water partition coefficient (Wildman–Crippen LogP) is 5.41. The number of rotatable bonds is 3. The molecular formula is C13H12BrCl2N3. The van der Waals surface area contributed by atoms with Gasteiger partial charge in [-0.1, -0.05) is 37.0 Å². The number of hydrogen-bond acceptors (Lipinski definition) is 3. The van der Waals surface area contributed by atoms with E-state index in [4.69, 9.17) is 23.2 Å². The molecule has 0 aliphatic carbocycles. The smallest absolute Gasteiger partial charge is 0.138 e. The van der Waals surface area contributed by atoms with Crippen molar-refractivity contribution in [1.82, 2.24) is 9.97 Å². The maximum Gasteiger partial charge on any atom is 0.138 e. The zero-order chi connectivity index (χ0) is 14.0. The van der Waals surface area contributed by atoms with Crippen LogP contribution in [0, 0.1) is 0 Å². The van der Waals surface area contributed by atoms with Gasteiger partial charge in [0.2, 0.25) is 0 Å². The van der Waals surface area contributed by atoms with E-state index in [1.807, 2.05) is 32.0 Å². The van der Waals surface area contributed by atoms with Crippen molar-refractivity contribution in [3.05, 3.63) is 44.7 Å². The van der Waals surface area contributed by atoms with Crippen LogP contribution in [0.2, 0.25) is 10.2 Å². The molecule has 0 spiro atoms. The molecule has 0 saturated carbocycles. The quantitative estimate of drug-likeness (QED) is 0.743. The largest absolute Gasteiger partial charge is 0.340 e. The lowest BCUT2D eigenvalue weighted by atomic mass is 10.1. The summed E-state index contributed by atoms with van der Waals surface area (Å²) in [5, 5.41) is 4.37. The summed E-state index contributed by atoms with van der Waals surface area (Å²) in [6, 6.07) is 5.58. The molecule has 0 bridgehead atoms. The average Bonchev–Trinajstić information content (AvgIpc) is 2.33. The van der Waals surface area contributed by atoms with Gasteiger partial charge in [-0.2, -0.15) is 0 Å². The first kappa shape index (κ1) is 14.6. The molecule has 2 rings (SSSR count). The van der Waals surface area contributed by atoms with Gasteiger partial charge in [-0.15, -0.1) is 0 Å². The van der Waals surface area contributed by atoms with E-state index >= 15 is 0 Å². The molecule has 3 nitrogen and oxygen atoms in total. The van der Waals surface area contributed by atoms with Crippen LogP contribution in [-0.4, -0.2) is 9.97 Å². The van der Waals surface area contributed by atoms with Crippen LogP contribution in [0.1, 0.15) is 25.3 Å². The van der Waals surface area contributed by atoms with Gasteiger partial charge in [0.25, 0.3) is 0 Å². The minimum absolute atomic E-state index is 0.229. The van der Waals surface area contributed by atoms with E-state index in [0.29, 0.717) is 16.0 Å². The Balaban J connectivity index is 2.38. The third-order valence-electron chi connectivity index (χ3n) is 2.59. The first-order valence-electron chi connectivity index (χ1n) is 5.71. The number of nitrogens with one attached hydrogen (secondary N) is 1. The number of anilines is 2. The normalized spacial score (nSPS) is 10.8. The molecule has 1 aromatic carbocycles. The number of hydrogen-bond donors (Lipinski definition) is 1. The summed E-state index contributed by atoms with van der Waals surface area (Å²) >= 11 is 15.5. The van der Waals surface area contributed by atoms with E-state index in [-0.39, 0.29) is 5.92 Å². The maximum absolute atomic E-state index is 6.13. The summed E-state index contributed by atoms with van der Waals surface area (Å²) in [6.45, 7) is 4.10. The number of halogens is 3. The monoisotopic (exact) mass is 359 g/mol. The number of benzene rings is 1. The third kappa shape index (κ3) is 3.38. The SMILES string of the molecule is CC(C)c1c(Cl)ncnc1Nc1ccc(Cl)c(Br)c1. The highest BCUT2D eigenvalue weighted by atomic mass is 79.9. The molecule has 0 unspecified atom stereocenters. The fraction of sp³-hybridized carbons (Fsp3) is 0.231. The Hall–Kier alpha value is -0.840. The molecular weight excluding hydrogens is 349 g/mol. The van der Waals surface area contributed by atoms with Gasteiger partial charge in [0.05, 0.1) is 5.02 Å². The van der Waals surface area contributed by atoms with Crippen LogP contribution in [0.25, 0.3) is 0 Å². The topological polar surface area (TPSA) is 37.8 Å². The average molecular weight is 361 g/mol. The van der Waals surface area contributed by atoms with Crippen LogP contribution >= 0.6 is 39.1 Å². The lowest BCUT2D eigenvalue weighted by Crippen LogP contribution is -2.03. The summed E-state index contributed by atoms with van der Waals surface area (Å²) in [5.41, 5.74) is 1.78. The van der Waals surface area contributed by atoms with Crippen molar-refractivity contribution in [2.75, 3.05) is 5.32 Å². The van der Waals surface area contributed by atoms with Gasteiger partial charge in [0.1, 0.15) is 17.3 Å². The first-order valence-corrected chi connectivity index (χ1v) is 7.26. The van der Waals surface area contributed by atoms with E-state index < -0.39 is 0 Å². The Morgan fingerprint density at radius 3 is 2.58 bits per heavy atom. The van der Waals surface area contributed by atoms with Gasteiger partial charge >= 0.3 is 0 Å². The molecule has 2 aromatic rings. The number of aromatic nitrogens is 2. The Morgan fingerprint density at radius 1 is 1.21 bits per heavy atom. The van der Waals surface area contributed by atoms with Crippen molar-refractivity contribution in [2.45, 2.75) is 19.8 Å².